The summed E-state index contributed by atoms with van der Waals surface area (Å²) in [7, 11) is 0. The molecule has 0 heterocycles. The summed E-state index contributed by atoms with van der Waals surface area (Å²) < 4.78 is 0. The molecular formula is C17H17ClN2O2S. The van der Waals surface area contributed by atoms with E-state index < -0.39 is 0 Å². The summed E-state index contributed by atoms with van der Waals surface area (Å²) in [6.07, 6.45) is 0.506. The van der Waals surface area contributed by atoms with E-state index in [-0.39, 0.29) is 18.2 Å². The van der Waals surface area contributed by atoms with Gasteiger partial charge in [0.25, 0.3) is 0 Å². The van der Waals surface area contributed by atoms with Gasteiger partial charge in [-0.05, 0) is 23.8 Å². The van der Waals surface area contributed by atoms with Crippen LogP contribution in [0.25, 0.3) is 0 Å². The molecule has 0 saturated heterocycles. The van der Waals surface area contributed by atoms with E-state index in [0.717, 1.165) is 16.1 Å². The lowest BCUT2D eigenvalue weighted by molar-refractivity contribution is -0.117. The Morgan fingerprint density at radius 2 is 1.78 bits per heavy atom. The van der Waals surface area contributed by atoms with Gasteiger partial charge in [0.2, 0.25) is 11.8 Å². The number of carbonyl (C=O) groups excluding carboxylic acids is 2. The van der Waals surface area contributed by atoms with Crippen LogP contribution in [0.4, 0.5) is 5.69 Å². The van der Waals surface area contributed by atoms with Crippen molar-refractivity contribution in [3.05, 3.63) is 59.1 Å². The summed E-state index contributed by atoms with van der Waals surface area (Å²) in [6.45, 7) is 0. The van der Waals surface area contributed by atoms with Gasteiger partial charge in [0.05, 0.1) is 12.1 Å². The van der Waals surface area contributed by atoms with E-state index in [1.54, 1.807) is 6.07 Å². The lowest BCUT2D eigenvalue weighted by Gasteiger charge is -2.11. The van der Waals surface area contributed by atoms with Crippen LogP contribution < -0.4 is 11.1 Å². The average Bonchev–Trinajstić information content (AvgIpc) is 2.51. The molecule has 3 N–H and O–H groups in total. The van der Waals surface area contributed by atoms with Gasteiger partial charge in [-0.2, -0.15) is 0 Å². The topological polar surface area (TPSA) is 72.2 Å². The van der Waals surface area contributed by atoms with Crippen molar-refractivity contribution in [1.82, 2.24) is 0 Å². The molecular weight excluding hydrogens is 332 g/mol. The van der Waals surface area contributed by atoms with Crippen molar-refractivity contribution in [1.29, 1.82) is 0 Å². The number of benzene rings is 2. The van der Waals surface area contributed by atoms with Crippen LogP contribution in [-0.4, -0.2) is 17.6 Å². The van der Waals surface area contributed by atoms with Crippen molar-refractivity contribution >= 4 is 40.9 Å². The van der Waals surface area contributed by atoms with Crippen molar-refractivity contribution in [3.8, 4) is 0 Å². The van der Waals surface area contributed by atoms with E-state index in [2.05, 4.69) is 5.32 Å². The normalized spacial score (nSPS) is 10.3. The summed E-state index contributed by atoms with van der Waals surface area (Å²) >= 11 is 7.56. The number of nitrogens with two attached hydrogens (primary N) is 1. The average molecular weight is 349 g/mol. The number of rotatable bonds is 7. The fraction of sp³-hybridized carbons (Fsp3) is 0.176. The van der Waals surface area contributed by atoms with E-state index in [1.807, 2.05) is 42.5 Å². The second-order valence-corrected chi connectivity index (χ2v) is 6.42. The molecule has 0 aliphatic heterocycles. The third-order valence-corrected chi connectivity index (χ3v) is 4.52. The molecule has 0 atom stereocenters. The predicted octanol–water partition coefficient (Wildman–Crippen LogP) is 3.49. The first kappa shape index (κ1) is 17.4. The van der Waals surface area contributed by atoms with Crippen LogP contribution in [0.2, 0.25) is 5.02 Å². The van der Waals surface area contributed by atoms with Crippen LogP contribution >= 0.6 is 23.4 Å². The fourth-order valence-electron chi connectivity index (χ4n) is 1.97. The minimum absolute atomic E-state index is 0.138. The van der Waals surface area contributed by atoms with E-state index in [9.17, 15) is 9.59 Å². The molecule has 2 aromatic rings. The summed E-state index contributed by atoms with van der Waals surface area (Å²) in [4.78, 5) is 23.9. The summed E-state index contributed by atoms with van der Waals surface area (Å²) in [6, 6.07) is 14.7. The minimum Gasteiger partial charge on any atom is -0.370 e. The zero-order valence-electron chi connectivity index (χ0n) is 12.4. The molecule has 0 fully saturated rings. The molecule has 0 radical (unpaired) electrons. The molecule has 23 heavy (non-hydrogen) atoms. The van der Waals surface area contributed by atoms with Gasteiger partial charge in [-0.1, -0.05) is 41.9 Å². The number of thioether (sulfide) groups is 1. The van der Waals surface area contributed by atoms with Crippen molar-refractivity contribution in [2.45, 2.75) is 17.7 Å². The molecule has 6 heteroatoms. The highest BCUT2D eigenvalue weighted by atomic mass is 35.5. The predicted molar refractivity (Wildman–Crippen MR) is 94.8 cm³/mol. The number of nitrogens with one attached hydrogen (secondary N) is 1. The molecule has 0 bridgehead atoms. The van der Waals surface area contributed by atoms with E-state index in [1.165, 1.54) is 11.8 Å². The first-order chi connectivity index (χ1) is 11.1. The van der Waals surface area contributed by atoms with E-state index >= 15 is 0 Å². The van der Waals surface area contributed by atoms with Crippen molar-refractivity contribution < 1.29 is 9.59 Å². The van der Waals surface area contributed by atoms with Gasteiger partial charge in [-0.15, -0.1) is 11.8 Å². The number of para-hydroxylation sites is 1. The largest absolute Gasteiger partial charge is 0.370 e. The maximum Gasteiger partial charge on any atom is 0.228 e. The molecule has 2 amide bonds. The van der Waals surface area contributed by atoms with Crippen LogP contribution in [0.15, 0.2) is 53.4 Å². The van der Waals surface area contributed by atoms with E-state index in [0.29, 0.717) is 17.2 Å². The van der Waals surface area contributed by atoms with Crippen molar-refractivity contribution in [2.75, 3.05) is 11.1 Å². The molecule has 0 saturated carbocycles. The standard InChI is InChI=1S/C17H17ClN2O2S/c18-13-6-2-1-5-12(13)11-17(22)20-14-7-3-4-8-15(14)23-10-9-16(19)21/h1-8H,9-11H2,(H2,19,21)(H,20,22). The smallest absolute Gasteiger partial charge is 0.228 e. The van der Waals surface area contributed by atoms with Gasteiger partial charge < -0.3 is 11.1 Å². The molecule has 120 valence electrons. The molecule has 0 aliphatic rings. The Balaban J connectivity index is 2.00. The van der Waals surface area contributed by atoms with Gasteiger partial charge >= 0.3 is 0 Å². The highest BCUT2D eigenvalue weighted by Crippen LogP contribution is 2.27. The zero-order chi connectivity index (χ0) is 16.7. The van der Waals surface area contributed by atoms with Gasteiger partial charge in [0, 0.05) is 22.1 Å². The Morgan fingerprint density at radius 3 is 2.52 bits per heavy atom. The van der Waals surface area contributed by atoms with Crippen LogP contribution in [0.5, 0.6) is 0 Å². The van der Waals surface area contributed by atoms with Gasteiger partial charge in [0.15, 0.2) is 0 Å². The van der Waals surface area contributed by atoms with Gasteiger partial charge in [-0.25, -0.2) is 0 Å². The third-order valence-electron chi connectivity index (χ3n) is 3.08. The van der Waals surface area contributed by atoms with Crippen molar-refractivity contribution in [2.24, 2.45) is 5.73 Å². The number of carbonyl (C=O) groups is 2. The van der Waals surface area contributed by atoms with Crippen LogP contribution in [0.3, 0.4) is 0 Å². The van der Waals surface area contributed by atoms with E-state index in [4.69, 9.17) is 17.3 Å². The maximum atomic E-state index is 12.2. The molecule has 0 spiro atoms. The number of halogens is 1. The zero-order valence-corrected chi connectivity index (χ0v) is 14.0. The molecule has 0 unspecified atom stereocenters. The lowest BCUT2D eigenvalue weighted by atomic mass is 10.1. The number of amides is 2. The lowest BCUT2D eigenvalue weighted by Crippen LogP contribution is -2.15. The van der Waals surface area contributed by atoms with Crippen LogP contribution in [-0.2, 0) is 16.0 Å². The Bertz CT molecular complexity index is 706. The quantitative estimate of drug-likeness (QED) is 0.752. The van der Waals surface area contributed by atoms with Gasteiger partial charge in [0.1, 0.15) is 0 Å². The Morgan fingerprint density at radius 1 is 1.09 bits per heavy atom. The molecule has 0 aliphatic carbocycles. The third kappa shape index (κ3) is 5.62. The summed E-state index contributed by atoms with van der Waals surface area (Å²) in [5.41, 5.74) is 6.65. The van der Waals surface area contributed by atoms with Crippen molar-refractivity contribution in [3.63, 3.8) is 0 Å². The van der Waals surface area contributed by atoms with Gasteiger partial charge in [-0.3, -0.25) is 9.59 Å². The fourth-order valence-corrected chi connectivity index (χ4v) is 3.14. The number of hydrogen-bond acceptors (Lipinski definition) is 3. The number of anilines is 1. The molecule has 2 rings (SSSR count). The monoisotopic (exact) mass is 348 g/mol. The Labute approximate surface area is 144 Å². The number of hydrogen-bond donors (Lipinski definition) is 2. The Hall–Kier alpha value is -1.98. The second kappa shape index (κ2) is 8.60. The maximum absolute atomic E-state index is 12.2. The highest BCUT2D eigenvalue weighted by Gasteiger charge is 2.10. The second-order valence-electron chi connectivity index (χ2n) is 4.88. The minimum atomic E-state index is -0.335. The van der Waals surface area contributed by atoms with Crippen LogP contribution in [0, 0.1) is 0 Å². The highest BCUT2D eigenvalue weighted by molar-refractivity contribution is 7.99. The summed E-state index contributed by atoms with van der Waals surface area (Å²) in [5.74, 6) is 0.103. The Kier molecular flexibility index (Phi) is 6.50. The SMILES string of the molecule is NC(=O)CCSc1ccccc1NC(=O)Cc1ccccc1Cl. The molecule has 4 nitrogen and oxygen atoms in total. The first-order valence-corrected chi connectivity index (χ1v) is 8.46. The summed E-state index contributed by atoms with van der Waals surface area (Å²) in [5, 5.41) is 3.47. The number of primary amides is 1. The first-order valence-electron chi connectivity index (χ1n) is 7.09. The molecule has 0 aromatic heterocycles. The van der Waals surface area contributed by atoms with Crippen LogP contribution in [0.1, 0.15) is 12.0 Å². The molecule has 2 aromatic carbocycles.